The van der Waals surface area contributed by atoms with Crippen LogP contribution in [0.25, 0.3) is 0 Å². The largest absolute Gasteiger partial charge is 0.472 e. The number of phosphoric ester groups is 1. The van der Waals surface area contributed by atoms with Gasteiger partial charge in [-0.2, -0.15) is 0 Å². The first-order chi connectivity index (χ1) is 34.8. The highest BCUT2D eigenvalue weighted by atomic mass is 31.2. The number of carbonyl (C=O) groups excluding carboxylic acids is 1. The maximum atomic E-state index is 13.1. The van der Waals surface area contributed by atoms with Crippen molar-refractivity contribution in [1.82, 2.24) is 5.32 Å². The van der Waals surface area contributed by atoms with Crippen LogP contribution in [0, 0.1) is 0 Å². The van der Waals surface area contributed by atoms with Gasteiger partial charge < -0.3 is 46.0 Å². The molecule has 1 aliphatic rings. The van der Waals surface area contributed by atoms with Crippen molar-refractivity contribution in [3.8, 4) is 0 Å². The number of hydrogen-bond acceptors (Lipinski definition) is 11. The van der Waals surface area contributed by atoms with Crippen LogP contribution >= 0.6 is 7.82 Å². The van der Waals surface area contributed by atoms with E-state index in [1.54, 1.807) is 6.08 Å². The molecule has 1 rings (SSSR count). The molecule has 9 N–H and O–H groups in total. The summed E-state index contributed by atoms with van der Waals surface area (Å²) >= 11 is 0. The summed E-state index contributed by atoms with van der Waals surface area (Å²) < 4.78 is 23.0. The van der Waals surface area contributed by atoms with Crippen molar-refractivity contribution < 1.29 is 59.0 Å². The fraction of sp³-hybridized carbons (Fsp3) is 0.879. The minimum Gasteiger partial charge on any atom is -0.393 e. The van der Waals surface area contributed by atoms with E-state index in [1.807, 2.05) is 0 Å². The van der Waals surface area contributed by atoms with Crippen LogP contribution in [-0.2, 0) is 18.4 Å². The second-order valence-electron chi connectivity index (χ2n) is 21.0. The Morgan fingerprint density at radius 1 is 0.500 bits per heavy atom. The van der Waals surface area contributed by atoms with Crippen molar-refractivity contribution in [1.29, 1.82) is 0 Å². The average molecular weight is 1040 g/mol. The molecule has 0 radical (unpaired) electrons. The highest BCUT2D eigenvalue weighted by molar-refractivity contribution is 7.47. The molecule has 0 aliphatic heterocycles. The van der Waals surface area contributed by atoms with Gasteiger partial charge in [-0.15, -0.1) is 0 Å². The second-order valence-corrected chi connectivity index (χ2v) is 22.4. The van der Waals surface area contributed by atoms with E-state index in [2.05, 4.69) is 43.5 Å². The van der Waals surface area contributed by atoms with Crippen molar-refractivity contribution in [3.05, 3.63) is 36.5 Å². The number of rotatable bonds is 50. The first kappa shape index (κ1) is 68.5. The highest BCUT2D eigenvalue weighted by Crippen LogP contribution is 2.47. The normalized spacial score (nSPS) is 21.8. The van der Waals surface area contributed by atoms with Crippen LogP contribution in [0.5, 0.6) is 0 Å². The second kappa shape index (κ2) is 46.8. The summed E-state index contributed by atoms with van der Waals surface area (Å²) in [6, 6.07) is -1.25. The number of amides is 1. The highest BCUT2D eigenvalue weighted by Gasteiger charge is 2.51. The number of carbonyl (C=O) groups is 1. The molecule has 0 spiro atoms. The monoisotopic (exact) mass is 1040 g/mol. The minimum absolute atomic E-state index is 0.253. The molecule has 0 aromatic heterocycles. The van der Waals surface area contributed by atoms with E-state index in [-0.39, 0.29) is 6.42 Å². The van der Waals surface area contributed by atoms with Gasteiger partial charge in [0.2, 0.25) is 5.91 Å². The van der Waals surface area contributed by atoms with E-state index in [9.17, 15) is 50.0 Å². The zero-order chi connectivity index (χ0) is 52.9. The summed E-state index contributed by atoms with van der Waals surface area (Å²) in [6.07, 6.45) is 43.6. The van der Waals surface area contributed by atoms with E-state index >= 15 is 0 Å². The Morgan fingerprint density at radius 3 is 1.25 bits per heavy atom. The quantitative estimate of drug-likeness (QED) is 0.0158. The molecule has 0 aromatic rings. The van der Waals surface area contributed by atoms with Crippen molar-refractivity contribution in [2.24, 2.45) is 0 Å². The fourth-order valence-corrected chi connectivity index (χ4v) is 10.4. The maximum Gasteiger partial charge on any atom is 0.472 e. The summed E-state index contributed by atoms with van der Waals surface area (Å²) in [5.41, 5.74) is 0. The van der Waals surface area contributed by atoms with Gasteiger partial charge in [-0.05, 0) is 51.4 Å². The third kappa shape index (κ3) is 37.3. The standard InChI is InChI=1S/C58H110NO12P/c1-3-5-7-9-11-13-15-17-19-21-23-25-27-29-31-33-35-37-39-41-43-45-49(60)47-52(62)59-50(48-70-72(68,69)71-58-56(66)54(64)53(63)55(65)57(58)67)51(61)46-44-42-40-38-36-34-32-30-28-26-24-22-20-18-16-14-12-10-8-6-4-2/h23,25,29,31,44,46,49-51,53-58,60-61,63-67H,3-22,24,26-28,30,32-43,45,47-48H2,1-2H3,(H,59,62)(H,68,69)/b25-23-,31-29-,46-44+. The van der Waals surface area contributed by atoms with Crippen molar-refractivity contribution in [2.45, 2.75) is 319 Å². The van der Waals surface area contributed by atoms with Gasteiger partial charge in [-0.1, -0.05) is 243 Å². The smallest absolute Gasteiger partial charge is 0.393 e. The SMILES string of the molecule is CCCCCCCCCCC/C=C\C/C=C\CCCCCCCC(O)CC(=O)NC(COP(=O)(O)OC1C(O)C(O)C(O)C(O)C1O)C(O)/C=C/CCCCCCCCCCCCCCCCCCCCC. The van der Waals surface area contributed by atoms with Gasteiger partial charge in [0.05, 0.1) is 31.3 Å². The lowest BCUT2D eigenvalue weighted by Crippen LogP contribution is -2.64. The molecule has 1 saturated carbocycles. The van der Waals surface area contributed by atoms with Gasteiger partial charge in [-0.25, -0.2) is 4.57 Å². The molecular weight excluding hydrogens is 934 g/mol. The zero-order valence-electron chi connectivity index (χ0n) is 45.6. The van der Waals surface area contributed by atoms with Crippen molar-refractivity contribution in [3.63, 3.8) is 0 Å². The number of aliphatic hydroxyl groups is 7. The molecule has 0 heterocycles. The van der Waals surface area contributed by atoms with E-state index in [0.29, 0.717) is 12.8 Å². The van der Waals surface area contributed by atoms with Crippen LogP contribution in [0.2, 0.25) is 0 Å². The van der Waals surface area contributed by atoms with Crippen LogP contribution in [-0.4, -0.2) is 108 Å². The Balaban J connectivity index is 2.42. The number of hydrogen-bond donors (Lipinski definition) is 9. The van der Waals surface area contributed by atoms with Gasteiger partial charge in [0.15, 0.2) is 0 Å². The predicted molar refractivity (Wildman–Crippen MR) is 293 cm³/mol. The van der Waals surface area contributed by atoms with Gasteiger partial charge in [0.1, 0.15) is 36.6 Å². The van der Waals surface area contributed by atoms with E-state index < -0.39 is 75.2 Å². The van der Waals surface area contributed by atoms with Crippen LogP contribution in [0.1, 0.15) is 264 Å². The fourth-order valence-electron chi connectivity index (χ4n) is 9.45. The van der Waals surface area contributed by atoms with Crippen molar-refractivity contribution >= 4 is 13.7 Å². The Labute approximate surface area is 438 Å². The van der Waals surface area contributed by atoms with Crippen molar-refractivity contribution in [2.75, 3.05) is 6.61 Å². The number of nitrogens with one attached hydrogen (secondary N) is 1. The summed E-state index contributed by atoms with van der Waals surface area (Å²) in [7, 11) is -5.15. The van der Waals surface area contributed by atoms with Gasteiger partial charge in [-0.3, -0.25) is 13.8 Å². The zero-order valence-corrected chi connectivity index (χ0v) is 46.5. The van der Waals surface area contributed by atoms with Crippen LogP contribution in [0.4, 0.5) is 0 Å². The molecule has 1 fully saturated rings. The first-order valence-electron chi connectivity index (χ1n) is 29.5. The lowest BCUT2D eigenvalue weighted by molar-refractivity contribution is -0.220. The summed E-state index contributed by atoms with van der Waals surface area (Å²) in [4.78, 5) is 23.6. The molecule has 424 valence electrons. The molecule has 14 heteroatoms. The van der Waals surface area contributed by atoms with Gasteiger partial charge in [0, 0.05) is 0 Å². The van der Waals surface area contributed by atoms with E-state index in [1.165, 1.54) is 173 Å². The summed E-state index contributed by atoms with van der Waals surface area (Å²) in [5, 5.41) is 74.9. The number of aliphatic hydroxyl groups excluding tert-OH is 7. The van der Waals surface area contributed by atoms with Gasteiger partial charge >= 0.3 is 7.82 Å². The lowest BCUT2D eigenvalue weighted by atomic mass is 9.85. The molecule has 0 aromatic carbocycles. The third-order valence-corrected chi connectivity index (χ3v) is 15.2. The molecule has 0 saturated heterocycles. The summed E-state index contributed by atoms with van der Waals surface area (Å²) in [6.45, 7) is 3.79. The molecule has 0 bridgehead atoms. The number of unbranched alkanes of at least 4 members (excludes halogenated alkanes) is 33. The Morgan fingerprint density at radius 2 is 0.847 bits per heavy atom. The molecule has 13 nitrogen and oxygen atoms in total. The first-order valence-corrected chi connectivity index (χ1v) is 31.0. The van der Waals surface area contributed by atoms with Crippen LogP contribution < -0.4 is 5.32 Å². The predicted octanol–water partition coefficient (Wildman–Crippen LogP) is 12.4. The number of allylic oxidation sites excluding steroid dienone is 5. The minimum atomic E-state index is -5.15. The topological polar surface area (TPSA) is 226 Å². The Bertz CT molecular complexity index is 1370. The maximum absolute atomic E-state index is 13.1. The molecule has 1 aliphatic carbocycles. The van der Waals surface area contributed by atoms with E-state index in [4.69, 9.17) is 9.05 Å². The Hall–Kier alpha value is -1.48. The van der Waals surface area contributed by atoms with Crippen LogP contribution in [0.3, 0.4) is 0 Å². The molecular formula is C58H110NO12P. The molecule has 72 heavy (non-hydrogen) atoms. The average Bonchev–Trinajstić information content (AvgIpc) is 3.36. The number of phosphoric acid groups is 1. The molecule has 1 amide bonds. The lowest BCUT2D eigenvalue weighted by Gasteiger charge is -2.41. The van der Waals surface area contributed by atoms with Crippen LogP contribution in [0.15, 0.2) is 36.5 Å². The third-order valence-electron chi connectivity index (χ3n) is 14.2. The Kier molecular flexibility index (Phi) is 44.5. The summed E-state index contributed by atoms with van der Waals surface area (Å²) in [5.74, 6) is -0.598. The van der Waals surface area contributed by atoms with Gasteiger partial charge in [0.25, 0.3) is 0 Å². The molecule has 8 atom stereocenters. The molecule has 8 unspecified atom stereocenters. The van der Waals surface area contributed by atoms with E-state index in [0.717, 1.165) is 64.2 Å².